The first-order valence-corrected chi connectivity index (χ1v) is 9.19. The van der Waals surface area contributed by atoms with Crippen LogP contribution in [0.1, 0.15) is 20.7 Å². The summed E-state index contributed by atoms with van der Waals surface area (Å²) in [6, 6.07) is 8.92. The molecule has 31 heavy (non-hydrogen) atoms. The lowest BCUT2D eigenvalue weighted by Crippen LogP contribution is -2.30. The second-order valence-electron chi connectivity index (χ2n) is 6.21. The number of esters is 1. The van der Waals surface area contributed by atoms with Crippen LogP contribution in [0.5, 0.6) is 5.75 Å². The van der Waals surface area contributed by atoms with Crippen molar-refractivity contribution in [2.75, 3.05) is 20.3 Å². The lowest BCUT2D eigenvalue weighted by atomic mass is 10.1. The van der Waals surface area contributed by atoms with Gasteiger partial charge in [-0.05, 0) is 24.3 Å². The lowest BCUT2D eigenvalue weighted by molar-refractivity contribution is -0.384. The minimum Gasteiger partial charge on any atom is -0.423 e. The molecule has 0 atom stereocenters. The van der Waals surface area contributed by atoms with Crippen molar-refractivity contribution in [3.8, 4) is 5.75 Å². The maximum Gasteiger partial charge on any atom is 0.349 e. The van der Waals surface area contributed by atoms with Gasteiger partial charge < -0.3 is 19.2 Å². The van der Waals surface area contributed by atoms with Gasteiger partial charge in [0.2, 0.25) is 0 Å². The van der Waals surface area contributed by atoms with E-state index in [4.69, 9.17) is 25.5 Å². The number of benzene rings is 2. The van der Waals surface area contributed by atoms with Crippen LogP contribution in [0.4, 0.5) is 5.69 Å². The molecule has 3 aromatic rings. The molecule has 0 radical (unpaired) electrons. The van der Waals surface area contributed by atoms with Gasteiger partial charge in [0.05, 0.1) is 22.1 Å². The second-order valence-corrected chi connectivity index (χ2v) is 6.61. The number of hydrogen-bond donors (Lipinski definition) is 1. The molecule has 0 saturated heterocycles. The summed E-state index contributed by atoms with van der Waals surface area (Å²) in [5.74, 6) is -1.52. The summed E-state index contributed by atoms with van der Waals surface area (Å²) in [4.78, 5) is 46.9. The molecule has 1 aromatic heterocycles. The Kier molecular flexibility index (Phi) is 6.63. The normalized spacial score (nSPS) is 10.6. The number of carbonyl (C=O) groups excluding carboxylic acids is 2. The zero-order valence-electron chi connectivity index (χ0n) is 16.0. The van der Waals surface area contributed by atoms with Crippen LogP contribution in [0.2, 0.25) is 5.02 Å². The monoisotopic (exact) mass is 446 g/mol. The Balaban J connectivity index is 1.85. The van der Waals surface area contributed by atoms with Crippen molar-refractivity contribution in [2.45, 2.75) is 0 Å². The molecule has 0 aliphatic rings. The predicted molar refractivity (Wildman–Crippen MR) is 110 cm³/mol. The van der Waals surface area contributed by atoms with E-state index in [0.29, 0.717) is 5.39 Å². The highest BCUT2D eigenvalue weighted by atomic mass is 35.5. The summed E-state index contributed by atoms with van der Waals surface area (Å²) in [5, 5.41) is 13.8. The van der Waals surface area contributed by atoms with Crippen LogP contribution >= 0.6 is 11.6 Å². The largest absolute Gasteiger partial charge is 0.423 e. The fourth-order valence-corrected chi connectivity index (χ4v) is 2.82. The van der Waals surface area contributed by atoms with E-state index in [9.17, 15) is 24.5 Å². The number of rotatable bonds is 7. The first-order valence-electron chi connectivity index (χ1n) is 8.81. The third-order valence-corrected chi connectivity index (χ3v) is 4.46. The smallest absolute Gasteiger partial charge is 0.349 e. The number of halogens is 1. The molecule has 0 aliphatic carbocycles. The topological polar surface area (TPSA) is 138 Å². The van der Waals surface area contributed by atoms with E-state index in [2.05, 4.69) is 5.32 Å². The number of nitro groups is 1. The molecule has 0 spiro atoms. The maximum absolute atomic E-state index is 12.4. The number of methoxy groups -OCH3 is 1. The van der Waals surface area contributed by atoms with Gasteiger partial charge in [0.1, 0.15) is 16.9 Å². The van der Waals surface area contributed by atoms with E-state index in [1.807, 2.05) is 0 Å². The first kappa shape index (κ1) is 21.9. The Labute approximate surface area is 179 Å². The Morgan fingerprint density at radius 1 is 1.16 bits per heavy atom. The van der Waals surface area contributed by atoms with Crippen LogP contribution in [0, 0.1) is 10.1 Å². The zero-order valence-corrected chi connectivity index (χ0v) is 16.8. The number of amides is 1. The average Bonchev–Trinajstić information content (AvgIpc) is 2.73. The molecule has 1 N–H and O–H groups in total. The summed E-state index contributed by atoms with van der Waals surface area (Å²) < 4.78 is 15.2. The number of non-ortho nitro benzene ring substituents is 1. The molecule has 1 amide bonds. The summed E-state index contributed by atoms with van der Waals surface area (Å²) >= 11 is 5.94. The molecule has 0 fully saturated rings. The molecule has 0 unspecified atom stereocenters. The molecule has 11 heteroatoms. The third-order valence-electron chi connectivity index (χ3n) is 4.14. The summed E-state index contributed by atoms with van der Waals surface area (Å²) in [5.41, 5.74) is -1.49. The van der Waals surface area contributed by atoms with E-state index in [0.717, 1.165) is 12.1 Å². The highest BCUT2D eigenvalue weighted by Crippen LogP contribution is 2.25. The van der Waals surface area contributed by atoms with Crippen molar-refractivity contribution in [3.63, 3.8) is 0 Å². The number of carbonyl (C=O) groups is 2. The quantitative estimate of drug-likeness (QED) is 0.146. The SMILES string of the molecule is COCCNC(=O)c1cc2ccc(OC(=O)c3cc([N+](=O)[O-])ccc3Cl)cc2oc1=O. The Morgan fingerprint density at radius 2 is 1.94 bits per heavy atom. The van der Waals surface area contributed by atoms with Crippen LogP contribution in [0.3, 0.4) is 0 Å². The molecule has 0 aliphatic heterocycles. The van der Waals surface area contributed by atoms with Gasteiger partial charge in [0.15, 0.2) is 0 Å². The number of nitro benzene ring substituents is 1. The van der Waals surface area contributed by atoms with Gasteiger partial charge in [0, 0.05) is 37.2 Å². The summed E-state index contributed by atoms with van der Waals surface area (Å²) in [6.45, 7) is 0.510. The molecule has 1 heterocycles. The van der Waals surface area contributed by atoms with Gasteiger partial charge in [-0.25, -0.2) is 9.59 Å². The van der Waals surface area contributed by atoms with Crippen LogP contribution in [0.15, 0.2) is 51.7 Å². The molecule has 10 nitrogen and oxygen atoms in total. The van der Waals surface area contributed by atoms with Crippen LogP contribution in [-0.2, 0) is 4.74 Å². The van der Waals surface area contributed by atoms with E-state index in [-0.39, 0.29) is 46.3 Å². The van der Waals surface area contributed by atoms with E-state index < -0.39 is 22.4 Å². The minimum atomic E-state index is -0.926. The highest BCUT2D eigenvalue weighted by Gasteiger charge is 2.19. The Morgan fingerprint density at radius 3 is 2.65 bits per heavy atom. The van der Waals surface area contributed by atoms with E-state index >= 15 is 0 Å². The maximum atomic E-state index is 12.4. The molecule has 3 rings (SSSR count). The lowest BCUT2D eigenvalue weighted by Gasteiger charge is -2.08. The number of fused-ring (bicyclic) bond motifs is 1. The van der Waals surface area contributed by atoms with Crippen molar-refractivity contribution in [1.29, 1.82) is 0 Å². The highest BCUT2D eigenvalue weighted by molar-refractivity contribution is 6.33. The predicted octanol–water partition coefficient (Wildman–Crippen LogP) is 2.95. The third kappa shape index (κ3) is 5.05. The fraction of sp³-hybridized carbons (Fsp3) is 0.150. The molecule has 0 saturated carbocycles. The molecule has 160 valence electrons. The number of nitrogens with zero attached hydrogens (tertiary/aromatic N) is 1. The number of ether oxygens (including phenoxy) is 2. The number of nitrogens with one attached hydrogen (secondary N) is 1. The van der Waals surface area contributed by atoms with Gasteiger partial charge in [-0.15, -0.1) is 0 Å². The van der Waals surface area contributed by atoms with Crippen molar-refractivity contribution < 1.29 is 28.4 Å². The van der Waals surface area contributed by atoms with Gasteiger partial charge in [-0.1, -0.05) is 11.6 Å². The van der Waals surface area contributed by atoms with Crippen LogP contribution < -0.4 is 15.7 Å². The Bertz CT molecular complexity index is 1240. The Hall–Kier alpha value is -3.76. The molecular formula is C20H15ClN2O8. The number of hydrogen-bond acceptors (Lipinski definition) is 8. The molecule has 2 aromatic carbocycles. The molecule has 0 bridgehead atoms. The van der Waals surface area contributed by atoms with Crippen molar-refractivity contribution in [3.05, 3.63) is 79.1 Å². The average molecular weight is 447 g/mol. The second kappa shape index (κ2) is 9.37. The van der Waals surface area contributed by atoms with Crippen molar-refractivity contribution in [2.24, 2.45) is 0 Å². The fourth-order valence-electron chi connectivity index (χ4n) is 2.62. The standard InChI is InChI=1S/C20H15ClN2O8/c1-29-7-6-22-18(24)15-8-11-2-4-13(10-17(11)31-20(15)26)30-19(25)14-9-12(23(27)28)3-5-16(14)21/h2-5,8-10H,6-7H2,1H3,(H,22,24). The van der Waals surface area contributed by atoms with E-state index in [1.54, 1.807) is 0 Å². The van der Waals surface area contributed by atoms with Gasteiger partial charge >= 0.3 is 11.6 Å². The van der Waals surface area contributed by atoms with Crippen molar-refractivity contribution >= 4 is 40.1 Å². The van der Waals surface area contributed by atoms with Crippen LogP contribution in [0.25, 0.3) is 11.0 Å². The first-order chi connectivity index (χ1) is 14.8. The van der Waals surface area contributed by atoms with E-state index in [1.165, 1.54) is 37.4 Å². The molecular weight excluding hydrogens is 432 g/mol. The van der Waals surface area contributed by atoms with Gasteiger partial charge in [-0.3, -0.25) is 14.9 Å². The summed E-state index contributed by atoms with van der Waals surface area (Å²) in [6.07, 6.45) is 0. The summed E-state index contributed by atoms with van der Waals surface area (Å²) in [7, 11) is 1.48. The van der Waals surface area contributed by atoms with Crippen molar-refractivity contribution in [1.82, 2.24) is 5.32 Å². The van der Waals surface area contributed by atoms with Crippen LogP contribution in [-0.4, -0.2) is 37.1 Å². The van der Waals surface area contributed by atoms with Gasteiger partial charge in [0.25, 0.3) is 11.6 Å². The minimum absolute atomic E-state index is 0.0144. The zero-order chi connectivity index (χ0) is 22.5. The van der Waals surface area contributed by atoms with Gasteiger partial charge in [-0.2, -0.15) is 0 Å².